The van der Waals surface area contributed by atoms with Gasteiger partial charge in [0.1, 0.15) is 5.71 Å². The molecule has 0 saturated carbocycles. The van der Waals surface area contributed by atoms with Crippen LogP contribution in [0.3, 0.4) is 0 Å². The zero-order valence-electron chi connectivity index (χ0n) is 15.1. The fourth-order valence-electron chi connectivity index (χ4n) is 4.09. The van der Waals surface area contributed by atoms with Crippen molar-refractivity contribution in [2.24, 2.45) is 5.16 Å². The number of piperidine rings is 1. The number of oxime groups is 1. The molecule has 3 aliphatic rings. The molecule has 146 valence electrons. The third kappa shape index (κ3) is 4.30. The summed E-state index contributed by atoms with van der Waals surface area (Å²) in [6, 6.07) is 5.55. The van der Waals surface area contributed by atoms with E-state index in [9.17, 15) is 13.2 Å². The predicted molar refractivity (Wildman–Crippen MR) is 99.8 cm³/mol. The quantitative estimate of drug-likeness (QED) is 0.801. The van der Waals surface area contributed by atoms with Gasteiger partial charge in [0.15, 0.2) is 15.4 Å². The van der Waals surface area contributed by atoms with E-state index in [4.69, 9.17) is 4.84 Å². The van der Waals surface area contributed by atoms with Crippen molar-refractivity contribution in [2.45, 2.75) is 43.9 Å². The second-order valence-corrected chi connectivity index (χ2v) is 9.93. The smallest absolute Gasteiger partial charge is 0.269 e. The van der Waals surface area contributed by atoms with Crippen LogP contribution in [-0.4, -0.2) is 66.2 Å². The Kier molecular flexibility index (Phi) is 4.90. The summed E-state index contributed by atoms with van der Waals surface area (Å²) < 4.78 is 23.1. The van der Waals surface area contributed by atoms with Crippen LogP contribution in [0.1, 0.15) is 31.4 Å². The first-order valence-corrected chi connectivity index (χ1v) is 11.1. The van der Waals surface area contributed by atoms with Crippen LogP contribution in [0.15, 0.2) is 29.6 Å². The van der Waals surface area contributed by atoms with E-state index in [1.54, 1.807) is 6.20 Å². The zero-order chi connectivity index (χ0) is 18.9. The zero-order valence-corrected chi connectivity index (χ0v) is 16.0. The number of hydrogen-bond acceptors (Lipinski definition) is 7. The van der Waals surface area contributed by atoms with Gasteiger partial charge in [0.2, 0.25) is 0 Å². The molecule has 2 saturated heterocycles. The van der Waals surface area contributed by atoms with Gasteiger partial charge in [-0.05, 0) is 37.9 Å². The average Bonchev–Trinajstić information content (AvgIpc) is 3.19. The van der Waals surface area contributed by atoms with E-state index in [1.165, 1.54) is 0 Å². The Bertz CT molecular complexity index is 842. The number of hydrogen-bond donors (Lipinski definition) is 1. The fraction of sp³-hybridized carbons (Fsp3) is 0.611. The number of amides is 1. The van der Waals surface area contributed by atoms with Crippen LogP contribution in [0.2, 0.25) is 0 Å². The van der Waals surface area contributed by atoms with E-state index in [2.05, 4.69) is 20.4 Å². The van der Waals surface area contributed by atoms with Crippen molar-refractivity contribution in [3.8, 4) is 0 Å². The van der Waals surface area contributed by atoms with Gasteiger partial charge in [0.05, 0.1) is 17.2 Å². The van der Waals surface area contributed by atoms with Crippen molar-refractivity contribution in [1.29, 1.82) is 0 Å². The van der Waals surface area contributed by atoms with Gasteiger partial charge in [-0.25, -0.2) is 8.42 Å². The molecule has 2 fully saturated rings. The molecule has 1 amide bonds. The highest BCUT2D eigenvalue weighted by molar-refractivity contribution is 7.91. The van der Waals surface area contributed by atoms with Crippen molar-refractivity contribution in [1.82, 2.24) is 15.2 Å². The molecule has 0 unspecified atom stereocenters. The molecule has 1 aromatic rings. The number of sulfone groups is 1. The van der Waals surface area contributed by atoms with Crippen LogP contribution in [-0.2, 0) is 26.0 Å². The number of rotatable bonds is 4. The Balaban J connectivity index is 1.34. The van der Waals surface area contributed by atoms with E-state index in [-0.39, 0.29) is 23.5 Å². The molecular formula is C18H24N4O4S. The second-order valence-electron chi connectivity index (χ2n) is 7.70. The number of nitrogens with one attached hydrogen (secondary N) is 1. The lowest BCUT2D eigenvalue weighted by Gasteiger charge is -2.38. The minimum absolute atomic E-state index is 0.00980. The van der Waals surface area contributed by atoms with Crippen LogP contribution in [0, 0.1) is 0 Å². The van der Waals surface area contributed by atoms with Crippen molar-refractivity contribution < 1.29 is 18.0 Å². The SMILES string of the molecule is O=C(N[C@H]1CCS(=O)(=O)C1)C1=NO[C@]2(CCCN(Cc3ccccn3)C2)C1. The Labute approximate surface area is 158 Å². The van der Waals surface area contributed by atoms with E-state index < -0.39 is 15.4 Å². The van der Waals surface area contributed by atoms with Gasteiger partial charge in [-0.15, -0.1) is 0 Å². The Morgan fingerprint density at radius 1 is 1.41 bits per heavy atom. The lowest BCUT2D eigenvalue weighted by Crippen LogP contribution is -2.49. The van der Waals surface area contributed by atoms with Gasteiger partial charge in [0.25, 0.3) is 5.91 Å². The van der Waals surface area contributed by atoms with Crippen molar-refractivity contribution in [2.75, 3.05) is 24.6 Å². The first-order valence-electron chi connectivity index (χ1n) is 9.32. The lowest BCUT2D eigenvalue weighted by atomic mass is 9.88. The van der Waals surface area contributed by atoms with Gasteiger partial charge in [-0.1, -0.05) is 11.2 Å². The highest BCUT2D eigenvalue weighted by atomic mass is 32.2. The van der Waals surface area contributed by atoms with Gasteiger partial charge >= 0.3 is 0 Å². The first kappa shape index (κ1) is 18.4. The molecule has 27 heavy (non-hydrogen) atoms. The molecule has 9 heteroatoms. The predicted octanol–water partition coefficient (Wildman–Crippen LogP) is 0.496. The van der Waals surface area contributed by atoms with Crippen LogP contribution in [0.25, 0.3) is 0 Å². The second kappa shape index (κ2) is 7.20. The summed E-state index contributed by atoms with van der Waals surface area (Å²) >= 11 is 0. The molecule has 0 bridgehead atoms. The number of carbonyl (C=O) groups is 1. The molecule has 1 N–H and O–H groups in total. The maximum Gasteiger partial charge on any atom is 0.269 e. The van der Waals surface area contributed by atoms with Gasteiger partial charge in [-0.3, -0.25) is 14.7 Å². The fourth-order valence-corrected chi connectivity index (χ4v) is 5.76. The van der Waals surface area contributed by atoms with E-state index in [0.717, 1.165) is 31.6 Å². The third-order valence-electron chi connectivity index (χ3n) is 5.40. The largest absolute Gasteiger partial charge is 0.387 e. The van der Waals surface area contributed by atoms with Gasteiger partial charge in [-0.2, -0.15) is 0 Å². The van der Waals surface area contributed by atoms with Crippen LogP contribution < -0.4 is 5.32 Å². The number of aromatic nitrogens is 1. The molecule has 3 aliphatic heterocycles. The Hall–Kier alpha value is -2.00. The van der Waals surface area contributed by atoms with Crippen LogP contribution >= 0.6 is 0 Å². The molecule has 0 aliphatic carbocycles. The molecule has 4 rings (SSSR count). The van der Waals surface area contributed by atoms with Gasteiger partial charge < -0.3 is 10.2 Å². The highest BCUT2D eigenvalue weighted by Crippen LogP contribution is 2.34. The maximum atomic E-state index is 12.5. The van der Waals surface area contributed by atoms with E-state index in [1.807, 2.05) is 18.2 Å². The molecule has 1 spiro atoms. The van der Waals surface area contributed by atoms with Crippen LogP contribution in [0.5, 0.6) is 0 Å². The third-order valence-corrected chi connectivity index (χ3v) is 7.17. The summed E-state index contributed by atoms with van der Waals surface area (Å²) in [6.45, 7) is 2.40. The summed E-state index contributed by atoms with van der Waals surface area (Å²) in [4.78, 5) is 24.9. The van der Waals surface area contributed by atoms with E-state index >= 15 is 0 Å². The van der Waals surface area contributed by atoms with Gasteiger partial charge in [0, 0.05) is 31.7 Å². The number of carbonyl (C=O) groups excluding carboxylic acids is 1. The van der Waals surface area contributed by atoms with Crippen molar-refractivity contribution in [3.05, 3.63) is 30.1 Å². The van der Waals surface area contributed by atoms with Crippen molar-refractivity contribution >= 4 is 21.5 Å². The maximum absolute atomic E-state index is 12.5. The highest BCUT2D eigenvalue weighted by Gasteiger charge is 2.45. The molecule has 0 radical (unpaired) electrons. The lowest BCUT2D eigenvalue weighted by molar-refractivity contribution is -0.115. The molecular weight excluding hydrogens is 368 g/mol. The minimum Gasteiger partial charge on any atom is -0.387 e. The molecule has 4 heterocycles. The van der Waals surface area contributed by atoms with Crippen LogP contribution in [0.4, 0.5) is 0 Å². The average molecular weight is 392 g/mol. The van der Waals surface area contributed by atoms with Crippen molar-refractivity contribution in [3.63, 3.8) is 0 Å². The first-order chi connectivity index (χ1) is 12.9. The Morgan fingerprint density at radius 3 is 3.04 bits per heavy atom. The summed E-state index contributed by atoms with van der Waals surface area (Å²) in [5.74, 6) is -0.167. The normalized spacial score (nSPS) is 30.1. The summed E-state index contributed by atoms with van der Waals surface area (Å²) in [7, 11) is -3.03. The summed E-state index contributed by atoms with van der Waals surface area (Å²) in [5.41, 5.74) is 0.898. The molecule has 8 nitrogen and oxygen atoms in total. The molecule has 1 aromatic heterocycles. The summed E-state index contributed by atoms with van der Waals surface area (Å²) in [5, 5.41) is 6.84. The Morgan fingerprint density at radius 2 is 2.30 bits per heavy atom. The van der Waals surface area contributed by atoms with E-state index in [0.29, 0.717) is 25.1 Å². The number of nitrogens with zero attached hydrogens (tertiary/aromatic N) is 3. The summed E-state index contributed by atoms with van der Waals surface area (Å²) in [6.07, 6.45) is 4.53. The molecule has 0 aromatic carbocycles. The topological polar surface area (TPSA) is 101 Å². The number of pyridine rings is 1. The monoisotopic (exact) mass is 392 g/mol. The molecule has 2 atom stereocenters. The minimum atomic E-state index is -3.03. The standard InChI is InChI=1S/C18H24N4O4S/c23-17(20-15-5-9-27(24,25)12-15)16-10-18(26-21-16)6-3-8-22(13-18)11-14-4-1-2-7-19-14/h1-2,4,7,15H,3,5-6,8-13H2,(H,20,23)/t15-,18+/m0/s1. The number of likely N-dealkylation sites (tertiary alicyclic amines) is 1.